The summed E-state index contributed by atoms with van der Waals surface area (Å²) in [5, 5.41) is 5.30. The van der Waals surface area contributed by atoms with Gasteiger partial charge in [0.05, 0.1) is 57.4 Å². The largest absolute Gasteiger partial charge is 0.382 e. The molecule has 11 nitrogen and oxygen atoms in total. The van der Waals surface area contributed by atoms with E-state index in [1.54, 1.807) is 25.3 Å². The summed E-state index contributed by atoms with van der Waals surface area (Å²) in [4.78, 5) is 50.4. The van der Waals surface area contributed by atoms with E-state index in [9.17, 15) is 19.2 Å². The number of anilines is 1. The second kappa shape index (κ2) is 12.4. The Bertz CT molecular complexity index is 875. The van der Waals surface area contributed by atoms with Crippen LogP contribution in [0, 0.1) is 0 Å². The lowest BCUT2D eigenvalue weighted by molar-refractivity contribution is -0.136. The van der Waals surface area contributed by atoms with Crippen molar-refractivity contribution in [1.29, 1.82) is 0 Å². The lowest BCUT2D eigenvalue weighted by atomic mass is 10.0. The standard InChI is InChI=1S/C22H29N3O8/c1-30-9-10-32-13-14-33-12-11-31-8-7-23-16-4-2-3-15-19(16)22(29)25(21(15)28)17-5-6-18(26)24-20(17)27/h2-4,17,23H,5-14H2,1H3,(H,24,26,27). The van der Waals surface area contributed by atoms with Crippen LogP contribution in [0.15, 0.2) is 18.2 Å². The summed E-state index contributed by atoms with van der Waals surface area (Å²) in [6.45, 7) is 3.68. The predicted molar refractivity (Wildman–Crippen MR) is 116 cm³/mol. The van der Waals surface area contributed by atoms with Gasteiger partial charge in [0.2, 0.25) is 11.8 Å². The minimum Gasteiger partial charge on any atom is -0.382 e. The molecule has 0 bridgehead atoms. The van der Waals surface area contributed by atoms with Crippen LogP contribution in [0.1, 0.15) is 33.6 Å². The zero-order valence-electron chi connectivity index (χ0n) is 18.6. The summed E-state index contributed by atoms with van der Waals surface area (Å²) in [6.07, 6.45) is 0.199. The third kappa shape index (κ3) is 6.35. The summed E-state index contributed by atoms with van der Waals surface area (Å²) in [5.74, 6) is -2.12. The van der Waals surface area contributed by atoms with Crippen molar-refractivity contribution in [3.8, 4) is 0 Å². The summed E-state index contributed by atoms with van der Waals surface area (Å²) in [7, 11) is 1.62. The average molecular weight is 463 g/mol. The number of carbonyl (C=O) groups is 4. The fourth-order valence-corrected chi connectivity index (χ4v) is 3.60. The smallest absolute Gasteiger partial charge is 0.264 e. The first-order chi connectivity index (χ1) is 16.0. The van der Waals surface area contributed by atoms with Crippen LogP contribution in [0.25, 0.3) is 0 Å². The van der Waals surface area contributed by atoms with Crippen molar-refractivity contribution >= 4 is 29.3 Å². The molecule has 11 heteroatoms. The molecular formula is C22H29N3O8. The van der Waals surface area contributed by atoms with Gasteiger partial charge in [-0.3, -0.25) is 29.4 Å². The fourth-order valence-electron chi connectivity index (χ4n) is 3.60. The Morgan fingerprint density at radius 3 is 2.27 bits per heavy atom. The molecule has 1 aromatic rings. The summed E-state index contributed by atoms with van der Waals surface area (Å²) in [6, 6.07) is 3.94. The number of benzene rings is 1. The maximum absolute atomic E-state index is 13.0. The van der Waals surface area contributed by atoms with Crippen molar-refractivity contribution in [2.75, 3.05) is 65.2 Å². The molecule has 2 heterocycles. The van der Waals surface area contributed by atoms with Crippen LogP contribution in [0.4, 0.5) is 5.69 Å². The van der Waals surface area contributed by atoms with E-state index < -0.39 is 29.7 Å². The number of nitrogens with one attached hydrogen (secondary N) is 2. The van der Waals surface area contributed by atoms with E-state index in [0.717, 1.165) is 4.90 Å². The lowest BCUT2D eigenvalue weighted by Crippen LogP contribution is -2.54. The van der Waals surface area contributed by atoms with Gasteiger partial charge in [-0.25, -0.2) is 0 Å². The van der Waals surface area contributed by atoms with Crippen LogP contribution in [-0.2, 0) is 28.5 Å². The summed E-state index contributed by atoms with van der Waals surface area (Å²) in [5.41, 5.74) is 0.953. The van der Waals surface area contributed by atoms with Gasteiger partial charge in [0.1, 0.15) is 6.04 Å². The second-order valence-corrected chi connectivity index (χ2v) is 7.43. The zero-order chi connectivity index (χ0) is 23.6. The van der Waals surface area contributed by atoms with Gasteiger partial charge in [-0.2, -0.15) is 0 Å². The molecule has 1 saturated heterocycles. The number of hydrogen-bond acceptors (Lipinski definition) is 9. The molecule has 3 rings (SSSR count). The number of ether oxygens (including phenoxy) is 4. The first kappa shape index (κ1) is 24.8. The molecule has 1 unspecified atom stereocenters. The van der Waals surface area contributed by atoms with Crippen molar-refractivity contribution in [3.05, 3.63) is 29.3 Å². The SMILES string of the molecule is COCCOCCOCCOCCNc1cccc2c1C(=O)N(C1CCC(=O)NC1=O)C2=O. The molecule has 33 heavy (non-hydrogen) atoms. The Balaban J connectivity index is 1.43. The second-order valence-electron chi connectivity index (χ2n) is 7.43. The van der Waals surface area contributed by atoms with Crippen LogP contribution in [0.5, 0.6) is 0 Å². The van der Waals surface area contributed by atoms with Gasteiger partial charge in [-0.05, 0) is 18.6 Å². The monoisotopic (exact) mass is 463 g/mol. The quantitative estimate of drug-likeness (QED) is 0.293. The van der Waals surface area contributed by atoms with Gasteiger partial charge in [-0.15, -0.1) is 0 Å². The molecule has 2 N–H and O–H groups in total. The van der Waals surface area contributed by atoms with Crippen molar-refractivity contribution in [2.45, 2.75) is 18.9 Å². The highest BCUT2D eigenvalue weighted by molar-refractivity contribution is 6.25. The zero-order valence-corrected chi connectivity index (χ0v) is 18.6. The number of piperidine rings is 1. The Morgan fingerprint density at radius 2 is 1.61 bits per heavy atom. The average Bonchev–Trinajstić information content (AvgIpc) is 3.05. The number of amides is 4. The maximum Gasteiger partial charge on any atom is 0.264 e. The molecular weight excluding hydrogens is 434 g/mol. The first-order valence-electron chi connectivity index (χ1n) is 10.8. The van der Waals surface area contributed by atoms with Crippen LogP contribution < -0.4 is 10.6 Å². The highest BCUT2D eigenvalue weighted by Crippen LogP contribution is 2.32. The molecule has 2 aliphatic heterocycles. The number of fused-ring (bicyclic) bond motifs is 1. The topological polar surface area (TPSA) is 132 Å². The van der Waals surface area contributed by atoms with Gasteiger partial charge in [0.15, 0.2) is 0 Å². The van der Waals surface area contributed by atoms with Crippen molar-refractivity contribution < 1.29 is 38.1 Å². The third-order valence-electron chi connectivity index (χ3n) is 5.21. The van der Waals surface area contributed by atoms with Gasteiger partial charge in [0, 0.05) is 25.8 Å². The molecule has 0 spiro atoms. The van der Waals surface area contributed by atoms with Crippen molar-refractivity contribution in [3.63, 3.8) is 0 Å². The van der Waals surface area contributed by atoms with Crippen LogP contribution in [-0.4, -0.2) is 94.5 Å². The molecule has 0 aliphatic carbocycles. The highest BCUT2D eigenvalue weighted by Gasteiger charge is 2.45. The highest BCUT2D eigenvalue weighted by atomic mass is 16.6. The third-order valence-corrected chi connectivity index (χ3v) is 5.21. The minimum atomic E-state index is -0.989. The number of hydrogen-bond donors (Lipinski definition) is 2. The van der Waals surface area contributed by atoms with E-state index in [0.29, 0.717) is 58.5 Å². The van der Waals surface area contributed by atoms with E-state index >= 15 is 0 Å². The molecule has 180 valence electrons. The predicted octanol–water partition coefficient (Wildman–Crippen LogP) is 0.196. The van der Waals surface area contributed by atoms with Gasteiger partial charge >= 0.3 is 0 Å². The Kier molecular flexibility index (Phi) is 9.31. The van der Waals surface area contributed by atoms with E-state index in [1.165, 1.54) is 0 Å². The molecule has 1 aromatic carbocycles. The number of rotatable bonds is 14. The lowest BCUT2D eigenvalue weighted by Gasteiger charge is -2.27. The van der Waals surface area contributed by atoms with E-state index in [1.807, 2.05) is 0 Å². The van der Waals surface area contributed by atoms with Crippen LogP contribution >= 0.6 is 0 Å². The Morgan fingerprint density at radius 1 is 0.939 bits per heavy atom. The molecule has 4 amide bonds. The maximum atomic E-state index is 13.0. The van der Waals surface area contributed by atoms with Gasteiger partial charge in [-0.1, -0.05) is 6.07 Å². The molecule has 0 aromatic heterocycles. The summed E-state index contributed by atoms with van der Waals surface area (Å²) < 4.78 is 21.1. The molecule has 1 atom stereocenters. The molecule has 0 radical (unpaired) electrons. The number of imide groups is 2. The number of methoxy groups -OCH3 is 1. The number of carbonyl (C=O) groups excluding carboxylic acids is 4. The van der Waals surface area contributed by atoms with Crippen molar-refractivity contribution in [1.82, 2.24) is 10.2 Å². The normalized spacial score (nSPS) is 18.0. The number of nitrogens with zero attached hydrogens (tertiary/aromatic N) is 1. The minimum absolute atomic E-state index is 0.0802. The summed E-state index contributed by atoms with van der Waals surface area (Å²) >= 11 is 0. The molecule has 1 fully saturated rings. The van der Waals surface area contributed by atoms with E-state index in [2.05, 4.69) is 10.6 Å². The van der Waals surface area contributed by atoms with Gasteiger partial charge < -0.3 is 24.3 Å². The Labute approximate surface area is 191 Å². The molecule has 2 aliphatic rings. The van der Waals surface area contributed by atoms with Gasteiger partial charge in [0.25, 0.3) is 11.8 Å². The first-order valence-corrected chi connectivity index (χ1v) is 10.8. The van der Waals surface area contributed by atoms with E-state index in [-0.39, 0.29) is 24.0 Å². The van der Waals surface area contributed by atoms with Crippen LogP contribution in [0.2, 0.25) is 0 Å². The van der Waals surface area contributed by atoms with E-state index in [4.69, 9.17) is 18.9 Å². The van der Waals surface area contributed by atoms with Crippen LogP contribution in [0.3, 0.4) is 0 Å². The van der Waals surface area contributed by atoms with Crippen molar-refractivity contribution in [2.24, 2.45) is 0 Å². The fraction of sp³-hybridized carbons (Fsp3) is 0.545. The molecule has 0 saturated carbocycles. The Hall–Kier alpha value is -2.86.